The molecule has 0 saturated carbocycles. The van der Waals surface area contributed by atoms with E-state index in [0.717, 1.165) is 0 Å². The number of ether oxygens (including phenoxy) is 1. The highest BCUT2D eigenvalue weighted by Gasteiger charge is 2.18. The molecule has 0 bridgehead atoms. The van der Waals surface area contributed by atoms with Crippen molar-refractivity contribution in [2.75, 3.05) is 6.61 Å². The van der Waals surface area contributed by atoms with Crippen LogP contribution >= 0.6 is 0 Å². The molecule has 88 valence electrons. The van der Waals surface area contributed by atoms with Gasteiger partial charge >= 0.3 is 11.9 Å². The van der Waals surface area contributed by atoms with Crippen LogP contribution in [-0.2, 0) is 14.3 Å². The third-order valence-electron chi connectivity index (χ3n) is 1.62. The van der Waals surface area contributed by atoms with Gasteiger partial charge in [-0.2, -0.15) is 0 Å². The number of rotatable bonds is 7. The van der Waals surface area contributed by atoms with Gasteiger partial charge in [-0.25, -0.2) is 4.79 Å². The van der Waals surface area contributed by atoms with E-state index in [9.17, 15) is 9.59 Å². The standard InChI is InChI=1S/C9H15NO4.ClH/c1-2-6-14-9(13)7(10)4-3-5-8(11)12;/h2,7H,1,3-6,10H2,(H,11,12);1H/t7-;/m0./s1. The van der Waals surface area contributed by atoms with E-state index in [4.69, 9.17) is 9.84 Å². The summed E-state index contributed by atoms with van der Waals surface area (Å²) >= 11 is 0. The van der Waals surface area contributed by atoms with Gasteiger partial charge in [0, 0.05) is 12.8 Å². The number of quaternary nitrogens is 1. The van der Waals surface area contributed by atoms with Gasteiger partial charge in [0.05, 0.1) is 0 Å². The van der Waals surface area contributed by atoms with Crippen molar-refractivity contribution in [1.82, 2.24) is 0 Å². The second kappa shape index (κ2) is 9.48. The number of hydrogen-bond donors (Lipinski definition) is 2. The molecule has 0 aromatic rings. The maximum Gasteiger partial charge on any atom is 0.365 e. The number of carboxylic acid groups (broad SMARTS) is 1. The van der Waals surface area contributed by atoms with Crippen molar-refractivity contribution >= 4 is 11.9 Å². The molecular formula is C9H16ClNO4. The van der Waals surface area contributed by atoms with Crippen molar-refractivity contribution in [3.63, 3.8) is 0 Å². The molecule has 0 aromatic heterocycles. The number of hydrogen-bond acceptors (Lipinski definition) is 3. The normalized spacial score (nSPS) is 11.0. The van der Waals surface area contributed by atoms with Crippen LogP contribution in [0, 0.1) is 0 Å². The van der Waals surface area contributed by atoms with Crippen LogP contribution in [0.3, 0.4) is 0 Å². The first kappa shape index (κ1) is 16.4. The van der Waals surface area contributed by atoms with Crippen LogP contribution in [-0.4, -0.2) is 29.7 Å². The van der Waals surface area contributed by atoms with Crippen molar-refractivity contribution in [3.05, 3.63) is 12.7 Å². The molecule has 0 aromatic carbocycles. The Kier molecular flexibility index (Phi) is 10.3. The molecule has 15 heavy (non-hydrogen) atoms. The lowest BCUT2D eigenvalue weighted by molar-refractivity contribution is -0.409. The minimum atomic E-state index is -0.864. The highest BCUT2D eigenvalue weighted by Crippen LogP contribution is 1.99. The quantitative estimate of drug-likeness (QED) is 0.357. The molecule has 0 heterocycles. The summed E-state index contributed by atoms with van der Waals surface area (Å²) in [5.41, 5.74) is 3.59. The molecular weight excluding hydrogens is 222 g/mol. The molecule has 0 aliphatic heterocycles. The molecule has 0 spiro atoms. The van der Waals surface area contributed by atoms with Crippen LogP contribution in [0.5, 0.6) is 0 Å². The Morgan fingerprint density at radius 3 is 2.60 bits per heavy atom. The molecule has 4 N–H and O–H groups in total. The van der Waals surface area contributed by atoms with Gasteiger partial charge in [-0.05, 0) is 6.42 Å². The molecule has 0 saturated heterocycles. The Morgan fingerprint density at radius 1 is 1.53 bits per heavy atom. The van der Waals surface area contributed by atoms with Crippen LogP contribution in [0.1, 0.15) is 19.3 Å². The van der Waals surface area contributed by atoms with E-state index < -0.39 is 18.0 Å². The highest BCUT2D eigenvalue weighted by atomic mass is 35.5. The average Bonchev–Trinajstić information content (AvgIpc) is 2.13. The van der Waals surface area contributed by atoms with E-state index >= 15 is 0 Å². The molecule has 6 heteroatoms. The lowest BCUT2D eigenvalue weighted by Crippen LogP contribution is -3.00. The first-order valence-electron chi connectivity index (χ1n) is 4.40. The third kappa shape index (κ3) is 9.24. The SMILES string of the molecule is C=CCOC(=O)[C@@H]([NH3+])CCCC(=O)O.[Cl-]. The zero-order valence-corrected chi connectivity index (χ0v) is 9.20. The third-order valence-corrected chi connectivity index (χ3v) is 1.62. The monoisotopic (exact) mass is 237 g/mol. The van der Waals surface area contributed by atoms with Gasteiger partial charge in [-0.1, -0.05) is 12.7 Å². The topological polar surface area (TPSA) is 91.2 Å². The van der Waals surface area contributed by atoms with E-state index in [1.165, 1.54) is 6.08 Å². The average molecular weight is 238 g/mol. The predicted molar refractivity (Wildman–Crippen MR) is 49.3 cm³/mol. The number of aliphatic carboxylic acids is 1. The van der Waals surface area contributed by atoms with Gasteiger partial charge in [0.25, 0.3) is 0 Å². The maximum atomic E-state index is 11.1. The van der Waals surface area contributed by atoms with Crippen molar-refractivity contribution in [2.24, 2.45) is 0 Å². The zero-order valence-electron chi connectivity index (χ0n) is 8.45. The summed E-state index contributed by atoms with van der Waals surface area (Å²) < 4.78 is 4.74. The molecule has 5 nitrogen and oxygen atoms in total. The highest BCUT2D eigenvalue weighted by molar-refractivity contribution is 5.74. The van der Waals surface area contributed by atoms with Crippen LogP contribution in [0.2, 0.25) is 0 Å². The summed E-state index contributed by atoms with van der Waals surface area (Å²) in [6.45, 7) is 3.57. The summed E-state index contributed by atoms with van der Waals surface area (Å²) in [5, 5.41) is 8.36. The molecule has 0 fully saturated rings. The van der Waals surface area contributed by atoms with Gasteiger partial charge in [-0.3, -0.25) is 4.79 Å². The second-order valence-electron chi connectivity index (χ2n) is 2.90. The Morgan fingerprint density at radius 2 is 2.13 bits per heavy atom. The summed E-state index contributed by atoms with van der Waals surface area (Å²) in [6.07, 6.45) is 2.40. The number of carboxylic acids is 1. The fourth-order valence-corrected chi connectivity index (χ4v) is 0.876. The van der Waals surface area contributed by atoms with Crippen molar-refractivity contribution in [3.8, 4) is 0 Å². The summed E-state index contributed by atoms with van der Waals surface area (Å²) in [4.78, 5) is 21.3. The molecule has 0 amide bonds. The summed E-state index contributed by atoms with van der Waals surface area (Å²) in [7, 11) is 0. The van der Waals surface area contributed by atoms with Gasteiger partial charge < -0.3 is 28.0 Å². The molecule has 0 radical (unpaired) electrons. The molecule has 0 rings (SSSR count). The smallest absolute Gasteiger partial charge is 0.365 e. The number of halogens is 1. The Balaban J connectivity index is 0. The molecule has 0 aliphatic rings. The van der Waals surface area contributed by atoms with Gasteiger partial charge in [0.1, 0.15) is 6.61 Å². The van der Waals surface area contributed by atoms with Crippen molar-refractivity contribution in [2.45, 2.75) is 25.3 Å². The van der Waals surface area contributed by atoms with Gasteiger partial charge in [0.15, 0.2) is 6.04 Å². The van der Waals surface area contributed by atoms with Crippen molar-refractivity contribution in [1.29, 1.82) is 0 Å². The van der Waals surface area contributed by atoms with E-state index in [2.05, 4.69) is 12.3 Å². The molecule has 0 unspecified atom stereocenters. The Bertz CT molecular complexity index is 220. The minimum absolute atomic E-state index is 0. The van der Waals surface area contributed by atoms with Crippen LogP contribution in [0.15, 0.2) is 12.7 Å². The van der Waals surface area contributed by atoms with Crippen LogP contribution in [0.25, 0.3) is 0 Å². The predicted octanol–water partition coefficient (Wildman–Crippen LogP) is -3.41. The molecule has 1 atom stereocenters. The fraction of sp³-hybridized carbons (Fsp3) is 0.556. The lowest BCUT2D eigenvalue weighted by atomic mass is 10.1. The second-order valence-corrected chi connectivity index (χ2v) is 2.90. The van der Waals surface area contributed by atoms with Gasteiger partial charge in [0.2, 0.25) is 0 Å². The Hall–Kier alpha value is -1.07. The van der Waals surface area contributed by atoms with E-state index in [1.54, 1.807) is 0 Å². The number of carbonyl (C=O) groups is 2. The first-order chi connectivity index (χ1) is 6.57. The van der Waals surface area contributed by atoms with Crippen LogP contribution in [0.4, 0.5) is 0 Å². The maximum absolute atomic E-state index is 11.1. The lowest BCUT2D eigenvalue weighted by Gasteiger charge is -2.06. The summed E-state index contributed by atoms with van der Waals surface area (Å²) in [5.74, 6) is -1.27. The van der Waals surface area contributed by atoms with Gasteiger partial charge in [-0.15, -0.1) is 0 Å². The largest absolute Gasteiger partial charge is 1.00 e. The van der Waals surface area contributed by atoms with Crippen LogP contribution < -0.4 is 18.1 Å². The number of carbonyl (C=O) groups excluding carboxylic acids is 1. The van der Waals surface area contributed by atoms with E-state index in [-0.39, 0.29) is 25.4 Å². The zero-order chi connectivity index (χ0) is 11.0. The fourth-order valence-electron chi connectivity index (χ4n) is 0.876. The van der Waals surface area contributed by atoms with E-state index in [1.807, 2.05) is 0 Å². The summed E-state index contributed by atoms with van der Waals surface area (Å²) in [6, 6.07) is -0.491. The van der Waals surface area contributed by atoms with E-state index in [0.29, 0.717) is 12.8 Å². The molecule has 0 aliphatic carbocycles. The minimum Gasteiger partial charge on any atom is -1.00 e. The Labute approximate surface area is 94.7 Å². The number of esters is 1. The first-order valence-corrected chi connectivity index (χ1v) is 4.40. The van der Waals surface area contributed by atoms with Crippen molar-refractivity contribution < 1.29 is 37.6 Å².